The van der Waals surface area contributed by atoms with Gasteiger partial charge in [0.25, 0.3) is 0 Å². The van der Waals surface area contributed by atoms with E-state index in [4.69, 9.17) is 18.6 Å². The Morgan fingerprint density at radius 1 is 0.938 bits per heavy atom. The van der Waals surface area contributed by atoms with E-state index in [1.807, 2.05) is 0 Å². The molecular weight excluding hydrogens is 420 g/mol. The number of methoxy groups -OCH3 is 2. The summed E-state index contributed by atoms with van der Waals surface area (Å²) in [6.07, 6.45) is -5.70. The van der Waals surface area contributed by atoms with Crippen molar-refractivity contribution in [3.05, 3.63) is 58.4 Å². The molecule has 0 radical (unpaired) electrons. The van der Waals surface area contributed by atoms with Gasteiger partial charge in [-0.3, -0.25) is 4.79 Å². The summed E-state index contributed by atoms with van der Waals surface area (Å²) in [5, 5.41) is 40.7. The third kappa shape index (κ3) is 3.64. The summed E-state index contributed by atoms with van der Waals surface area (Å²) in [7, 11) is 2.95. The molecule has 2 heterocycles. The van der Waals surface area contributed by atoms with Crippen LogP contribution >= 0.6 is 0 Å². The highest BCUT2D eigenvalue weighted by Crippen LogP contribution is 2.41. The molecular formula is C23H24O9. The third-order valence-electron chi connectivity index (χ3n) is 5.74. The van der Waals surface area contributed by atoms with Gasteiger partial charge in [-0.15, -0.1) is 0 Å². The molecule has 1 aliphatic rings. The van der Waals surface area contributed by atoms with Crippen LogP contribution in [0.4, 0.5) is 0 Å². The van der Waals surface area contributed by atoms with E-state index in [0.717, 1.165) is 0 Å². The molecule has 1 aliphatic heterocycles. The van der Waals surface area contributed by atoms with Gasteiger partial charge in [0.2, 0.25) is 5.43 Å². The van der Waals surface area contributed by atoms with Crippen molar-refractivity contribution in [1.29, 1.82) is 0 Å². The summed E-state index contributed by atoms with van der Waals surface area (Å²) >= 11 is 0. The van der Waals surface area contributed by atoms with Crippen molar-refractivity contribution in [2.24, 2.45) is 0 Å². The molecule has 2 aromatic carbocycles. The summed E-state index contributed by atoms with van der Waals surface area (Å²) in [5.74, 6) is 0.899. The minimum Gasteiger partial charge on any atom is -0.497 e. The molecule has 9 nitrogen and oxygen atoms in total. The van der Waals surface area contributed by atoms with E-state index in [-0.39, 0.29) is 27.7 Å². The summed E-state index contributed by atoms with van der Waals surface area (Å²) in [6.45, 7) is -0.583. The molecule has 0 amide bonds. The van der Waals surface area contributed by atoms with Crippen molar-refractivity contribution in [3.8, 4) is 22.6 Å². The van der Waals surface area contributed by atoms with Gasteiger partial charge in [0.1, 0.15) is 53.9 Å². The number of benzene rings is 2. The molecule has 32 heavy (non-hydrogen) atoms. The highest BCUT2D eigenvalue weighted by molar-refractivity contribution is 5.86. The highest BCUT2D eigenvalue weighted by atomic mass is 16.5. The molecule has 0 spiro atoms. The Hall–Kier alpha value is -2.95. The van der Waals surface area contributed by atoms with Crippen LogP contribution in [0.2, 0.25) is 0 Å². The minimum atomic E-state index is -1.59. The first-order valence-electron chi connectivity index (χ1n) is 9.98. The van der Waals surface area contributed by atoms with Crippen molar-refractivity contribution in [2.45, 2.75) is 30.5 Å². The zero-order valence-corrected chi connectivity index (χ0v) is 17.5. The van der Waals surface area contributed by atoms with Gasteiger partial charge >= 0.3 is 0 Å². The number of rotatable bonds is 5. The van der Waals surface area contributed by atoms with E-state index in [0.29, 0.717) is 16.9 Å². The van der Waals surface area contributed by atoms with Gasteiger partial charge < -0.3 is 39.1 Å². The second-order valence-corrected chi connectivity index (χ2v) is 7.51. The average Bonchev–Trinajstić information content (AvgIpc) is 2.83. The largest absolute Gasteiger partial charge is 0.497 e. The summed E-state index contributed by atoms with van der Waals surface area (Å²) in [5.41, 5.74) is 0.942. The molecule has 4 rings (SSSR count). The first-order chi connectivity index (χ1) is 15.4. The number of aliphatic hydroxyl groups excluding tert-OH is 4. The van der Waals surface area contributed by atoms with Crippen LogP contribution in [0.15, 0.2) is 51.9 Å². The van der Waals surface area contributed by atoms with Crippen molar-refractivity contribution < 1.29 is 39.1 Å². The van der Waals surface area contributed by atoms with Gasteiger partial charge in [-0.25, -0.2) is 0 Å². The van der Waals surface area contributed by atoms with E-state index in [1.54, 1.807) is 37.4 Å². The molecule has 3 aromatic rings. The second-order valence-electron chi connectivity index (χ2n) is 7.51. The van der Waals surface area contributed by atoms with Gasteiger partial charge in [0.05, 0.1) is 37.3 Å². The van der Waals surface area contributed by atoms with E-state index in [2.05, 4.69) is 0 Å². The lowest BCUT2D eigenvalue weighted by atomic mass is 9.89. The maximum atomic E-state index is 13.3. The molecule has 0 saturated carbocycles. The molecule has 1 fully saturated rings. The standard InChI is InChI=1S/C23H24O9/c1-29-12-5-3-11(4-6-12)14-10-31-22-13(18(14)25)7-8-15(30-2)17(22)23-21(28)20(27)19(26)16(9-24)32-23/h3-8,10,16,19-21,23-24,26-28H,9H2,1-2H3/t16-,19-,20+,21-,23+/m1/s1. The normalized spacial score (nSPS) is 25.6. The molecule has 0 unspecified atom stereocenters. The van der Waals surface area contributed by atoms with Crippen LogP contribution in [0.25, 0.3) is 22.1 Å². The molecule has 1 aromatic heterocycles. The minimum absolute atomic E-state index is 0.107. The Morgan fingerprint density at radius 3 is 2.28 bits per heavy atom. The van der Waals surface area contributed by atoms with Crippen LogP contribution in [-0.2, 0) is 4.74 Å². The summed E-state index contributed by atoms with van der Waals surface area (Å²) in [4.78, 5) is 13.3. The molecule has 1 saturated heterocycles. The number of hydrogen-bond acceptors (Lipinski definition) is 9. The first kappa shape index (κ1) is 22.3. The Balaban J connectivity index is 1.87. The van der Waals surface area contributed by atoms with Crippen LogP contribution in [0.3, 0.4) is 0 Å². The Morgan fingerprint density at radius 2 is 1.66 bits per heavy atom. The maximum Gasteiger partial charge on any atom is 0.200 e. The lowest BCUT2D eigenvalue weighted by Gasteiger charge is -2.40. The highest BCUT2D eigenvalue weighted by Gasteiger charge is 2.45. The molecule has 5 atom stereocenters. The van der Waals surface area contributed by atoms with E-state index in [1.165, 1.54) is 19.4 Å². The lowest BCUT2D eigenvalue weighted by molar-refractivity contribution is -0.231. The SMILES string of the molecule is COc1ccc(-c2coc3c([C@@H]4O[C@H](CO)[C@@H](O)[C@H](O)[C@H]4O)c(OC)ccc3c2=O)cc1. The quantitative estimate of drug-likeness (QED) is 0.454. The fourth-order valence-corrected chi connectivity index (χ4v) is 3.96. The third-order valence-corrected chi connectivity index (χ3v) is 5.74. The number of ether oxygens (including phenoxy) is 3. The van der Waals surface area contributed by atoms with Gasteiger partial charge in [-0.2, -0.15) is 0 Å². The van der Waals surface area contributed by atoms with Gasteiger partial charge in [-0.05, 0) is 29.8 Å². The van der Waals surface area contributed by atoms with Crippen molar-refractivity contribution in [2.75, 3.05) is 20.8 Å². The smallest absolute Gasteiger partial charge is 0.200 e. The second kappa shape index (κ2) is 8.89. The Bertz CT molecular complexity index is 1150. The summed E-state index contributed by atoms with van der Waals surface area (Å²) in [6, 6.07) is 10.0. The van der Waals surface area contributed by atoms with Crippen molar-refractivity contribution in [3.63, 3.8) is 0 Å². The number of aliphatic hydroxyl groups is 4. The zero-order valence-electron chi connectivity index (χ0n) is 17.5. The van der Waals surface area contributed by atoms with Crippen molar-refractivity contribution >= 4 is 11.0 Å². The van der Waals surface area contributed by atoms with Gasteiger partial charge in [0.15, 0.2) is 0 Å². The van der Waals surface area contributed by atoms with E-state index >= 15 is 0 Å². The first-order valence-corrected chi connectivity index (χ1v) is 9.98. The van der Waals surface area contributed by atoms with E-state index in [9.17, 15) is 25.2 Å². The van der Waals surface area contributed by atoms with Gasteiger partial charge in [-0.1, -0.05) is 12.1 Å². The van der Waals surface area contributed by atoms with Crippen LogP contribution < -0.4 is 14.9 Å². The van der Waals surface area contributed by atoms with Crippen LogP contribution in [-0.4, -0.2) is 65.7 Å². The van der Waals surface area contributed by atoms with Crippen LogP contribution in [0, 0.1) is 0 Å². The van der Waals surface area contributed by atoms with Gasteiger partial charge in [0, 0.05) is 0 Å². The maximum absolute atomic E-state index is 13.3. The van der Waals surface area contributed by atoms with Crippen LogP contribution in [0.1, 0.15) is 11.7 Å². The van der Waals surface area contributed by atoms with Crippen molar-refractivity contribution in [1.82, 2.24) is 0 Å². The molecule has 9 heteroatoms. The fraction of sp³-hybridized carbons (Fsp3) is 0.348. The Labute approximate surface area is 183 Å². The summed E-state index contributed by atoms with van der Waals surface area (Å²) < 4.78 is 22.1. The predicted octanol–water partition coefficient (Wildman–Crippen LogP) is 0.992. The zero-order chi connectivity index (χ0) is 23.0. The number of fused-ring (bicyclic) bond motifs is 1. The fourth-order valence-electron chi connectivity index (χ4n) is 3.96. The molecule has 0 bridgehead atoms. The topological polar surface area (TPSA) is 139 Å². The Kier molecular flexibility index (Phi) is 6.18. The average molecular weight is 444 g/mol. The molecule has 0 aliphatic carbocycles. The number of hydrogen-bond donors (Lipinski definition) is 4. The lowest BCUT2D eigenvalue weighted by Crippen LogP contribution is -2.55. The van der Waals surface area contributed by atoms with Crippen LogP contribution in [0.5, 0.6) is 11.5 Å². The predicted molar refractivity (Wildman–Crippen MR) is 114 cm³/mol. The monoisotopic (exact) mass is 444 g/mol. The molecule has 170 valence electrons. The molecule has 4 N–H and O–H groups in total. The van der Waals surface area contributed by atoms with E-state index < -0.39 is 37.1 Å².